The van der Waals surface area contributed by atoms with Crippen molar-refractivity contribution in [3.63, 3.8) is 0 Å². The molecule has 0 amide bonds. The number of hydrogen-bond acceptors (Lipinski definition) is 4. The zero-order valence-corrected chi connectivity index (χ0v) is 14.2. The van der Waals surface area contributed by atoms with Crippen LogP contribution < -0.4 is 5.32 Å². The van der Waals surface area contributed by atoms with E-state index in [0.29, 0.717) is 5.41 Å². The minimum Gasteiger partial charge on any atom is -0.362 e. The summed E-state index contributed by atoms with van der Waals surface area (Å²) in [4.78, 5) is 8.35. The SMILES string of the molecule is CCCNc1ncc(CN(C)C2CCC(C)(C)CC2)s1. The van der Waals surface area contributed by atoms with Crippen molar-refractivity contribution in [1.29, 1.82) is 0 Å². The molecule has 0 radical (unpaired) electrons. The Morgan fingerprint density at radius 3 is 2.75 bits per heavy atom. The van der Waals surface area contributed by atoms with E-state index in [2.05, 4.69) is 43.0 Å². The lowest BCUT2D eigenvalue weighted by atomic mass is 9.75. The van der Waals surface area contributed by atoms with Gasteiger partial charge in [0.1, 0.15) is 0 Å². The lowest BCUT2D eigenvalue weighted by molar-refractivity contribution is 0.123. The van der Waals surface area contributed by atoms with Gasteiger partial charge < -0.3 is 5.32 Å². The Labute approximate surface area is 127 Å². The van der Waals surface area contributed by atoms with E-state index < -0.39 is 0 Å². The number of nitrogens with zero attached hydrogens (tertiary/aromatic N) is 2. The van der Waals surface area contributed by atoms with Crippen LogP contribution in [0, 0.1) is 5.41 Å². The van der Waals surface area contributed by atoms with Crippen LogP contribution in [0.25, 0.3) is 0 Å². The van der Waals surface area contributed by atoms with Crippen LogP contribution in [0.15, 0.2) is 6.20 Å². The Kier molecular flexibility index (Phi) is 5.44. The van der Waals surface area contributed by atoms with Gasteiger partial charge in [-0.15, -0.1) is 11.3 Å². The topological polar surface area (TPSA) is 28.2 Å². The van der Waals surface area contributed by atoms with E-state index in [9.17, 15) is 0 Å². The maximum Gasteiger partial charge on any atom is 0.182 e. The summed E-state index contributed by atoms with van der Waals surface area (Å²) in [6.07, 6.45) is 8.56. The van der Waals surface area contributed by atoms with E-state index in [1.54, 1.807) is 11.3 Å². The number of hydrogen-bond donors (Lipinski definition) is 1. The van der Waals surface area contributed by atoms with Gasteiger partial charge in [-0.2, -0.15) is 0 Å². The van der Waals surface area contributed by atoms with Gasteiger partial charge in [0.2, 0.25) is 0 Å². The van der Waals surface area contributed by atoms with Crippen LogP contribution in [0.3, 0.4) is 0 Å². The summed E-state index contributed by atoms with van der Waals surface area (Å²) in [6, 6.07) is 0.747. The van der Waals surface area contributed by atoms with Crippen LogP contribution >= 0.6 is 11.3 Å². The Morgan fingerprint density at radius 1 is 1.40 bits per heavy atom. The summed E-state index contributed by atoms with van der Waals surface area (Å²) < 4.78 is 0. The Bertz CT molecular complexity index is 404. The highest BCUT2D eigenvalue weighted by Crippen LogP contribution is 2.37. The van der Waals surface area contributed by atoms with Gasteiger partial charge in [0, 0.05) is 30.2 Å². The lowest BCUT2D eigenvalue weighted by Gasteiger charge is -2.38. The molecule has 114 valence electrons. The van der Waals surface area contributed by atoms with E-state index in [0.717, 1.165) is 30.7 Å². The van der Waals surface area contributed by atoms with Crippen LogP contribution in [-0.2, 0) is 6.54 Å². The quantitative estimate of drug-likeness (QED) is 0.845. The second-order valence-electron chi connectivity index (χ2n) is 6.87. The maximum atomic E-state index is 4.46. The Hall–Kier alpha value is -0.610. The molecule has 1 N–H and O–H groups in total. The summed E-state index contributed by atoms with van der Waals surface area (Å²) in [7, 11) is 2.27. The fraction of sp³-hybridized carbons (Fsp3) is 0.812. The Balaban J connectivity index is 1.82. The van der Waals surface area contributed by atoms with E-state index in [1.807, 2.05) is 6.20 Å². The zero-order chi connectivity index (χ0) is 14.6. The summed E-state index contributed by atoms with van der Waals surface area (Å²) in [5, 5.41) is 4.44. The summed E-state index contributed by atoms with van der Waals surface area (Å²) in [5.74, 6) is 0. The molecule has 1 aliphatic carbocycles. The molecule has 0 aliphatic heterocycles. The fourth-order valence-electron chi connectivity index (χ4n) is 2.89. The van der Waals surface area contributed by atoms with E-state index in [-0.39, 0.29) is 0 Å². The number of anilines is 1. The van der Waals surface area contributed by atoms with Crippen LogP contribution in [-0.4, -0.2) is 29.5 Å². The average Bonchev–Trinajstić information content (AvgIpc) is 2.83. The van der Waals surface area contributed by atoms with Crippen molar-refractivity contribution in [2.75, 3.05) is 18.9 Å². The van der Waals surface area contributed by atoms with Crippen molar-refractivity contribution in [1.82, 2.24) is 9.88 Å². The highest BCUT2D eigenvalue weighted by molar-refractivity contribution is 7.15. The predicted octanol–water partition coefficient (Wildman–Crippen LogP) is 4.37. The van der Waals surface area contributed by atoms with Gasteiger partial charge in [-0.05, 0) is 44.6 Å². The molecule has 2 rings (SSSR count). The monoisotopic (exact) mass is 295 g/mol. The maximum absolute atomic E-state index is 4.46. The predicted molar refractivity (Wildman–Crippen MR) is 88.4 cm³/mol. The van der Waals surface area contributed by atoms with Crippen molar-refractivity contribution in [3.8, 4) is 0 Å². The third-order valence-corrected chi connectivity index (χ3v) is 5.36. The van der Waals surface area contributed by atoms with Gasteiger partial charge in [0.25, 0.3) is 0 Å². The summed E-state index contributed by atoms with van der Waals surface area (Å²) in [5.41, 5.74) is 0.555. The third kappa shape index (κ3) is 4.45. The first-order valence-electron chi connectivity index (χ1n) is 7.89. The molecule has 20 heavy (non-hydrogen) atoms. The summed E-state index contributed by atoms with van der Waals surface area (Å²) in [6.45, 7) is 9.03. The zero-order valence-electron chi connectivity index (χ0n) is 13.4. The first-order valence-corrected chi connectivity index (χ1v) is 8.70. The smallest absolute Gasteiger partial charge is 0.182 e. The molecule has 0 aromatic carbocycles. The molecule has 1 fully saturated rings. The van der Waals surface area contributed by atoms with Crippen LogP contribution in [0.2, 0.25) is 0 Å². The van der Waals surface area contributed by atoms with Crippen molar-refractivity contribution in [2.45, 2.75) is 65.5 Å². The molecule has 0 spiro atoms. The molecule has 0 unspecified atom stereocenters. The molecule has 1 aliphatic rings. The molecule has 1 saturated carbocycles. The van der Waals surface area contributed by atoms with Gasteiger partial charge in [0.05, 0.1) is 0 Å². The number of thiazole rings is 1. The van der Waals surface area contributed by atoms with Gasteiger partial charge in [-0.1, -0.05) is 20.8 Å². The highest BCUT2D eigenvalue weighted by atomic mass is 32.1. The van der Waals surface area contributed by atoms with Gasteiger partial charge in [-0.3, -0.25) is 4.90 Å². The number of aromatic nitrogens is 1. The van der Waals surface area contributed by atoms with Crippen molar-refractivity contribution in [3.05, 3.63) is 11.1 Å². The largest absolute Gasteiger partial charge is 0.362 e. The van der Waals surface area contributed by atoms with Crippen molar-refractivity contribution in [2.24, 2.45) is 5.41 Å². The normalized spacial score (nSPS) is 19.4. The van der Waals surface area contributed by atoms with Gasteiger partial charge in [0.15, 0.2) is 5.13 Å². The van der Waals surface area contributed by atoms with E-state index in [1.165, 1.54) is 30.6 Å². The molecule has 4 heteroatoms. The first kappa shape index (κ1) is 15.8. The van der Waals surface area contributed by atoms with Crippen LogP contribution in [0.1, 0.15) is 57.8 Å². The second kappa shape index (κ2) is 6.90. The molecule has 0 atom stereocenters. The standard InChI is InChI=1S/C16H29N3S/c1-5-10-17-15-18-11-14(20-15)12-19(4)13-6-8-16(2,3)9-7-13/h11,13H,5-10,12H2,1-4H3,(H,17,18). The third-order valence-electron chi connectivity index (χ3n) is 4.42. The molecule has 1 aromatic heterocycles. The molecule has 0 bridgehead atoms. The summed E-state index contributed by atoms with van der Waals surface area (Å²) >= 11 is 1.80. The van der Waals surface area contributed by atoms with Gasteiger partial charge >= 0.3 is 0 Å². The van der Waals surface area contributed by atoms with Crippen molar-refractivity contribution < 1.29 is 0 Å². The van der Waals surface area contributed by atoms with Crippen LogP contribution in [0.5, 0.6) is 0 Å². The minimum atomic E-state index is 0.555. The van der Waals surface area contributed by atoms with Crippen molar-refractivity contribution >= 4 is 16.5 Å². The molecule has 1 heterocycles. The Morgan fingerprint density at radius 2 is 2.10 bits per heavy atom. The molecular weight excluding hydrogens is 266 g/mol. The minimum absolute atomic E-state index is 0.555. The molecular formula is C16H29N3S. The molecule has 1 aromatic rings. The number of rotatable bonds is 6. The molecule has 3 nitrogen and oxygen atoms in total. The van der Waals surface area contributed by atoms with Gasteiger partial charge in [-0.25, -0.2) is 4.98 Å². The lowest BCUT2D eigenvalue weighted by Crippen LogP contribution is -2.36. The average molecular weight is 295 g/mol. The first-order chi connectivity index (χ1) is 9.50. The number of nitrogens with one attached hydrogen (secondary N) is 1. The second-order valence-corrected chi connectivity index (χ2v) is 7.98. The highest BCUT2D eigenvalue weighted by Gasteiger charge is 2.28. The van der Waals surface area contributed by atoms with Crippen LogP contribution in [0.4, 0.5) is 5.13 Å². The molecule has 0 saturated heterocycles. The van der Waals surface area contributed by atoms with E-state index in [4.69, 9.17) is 0 Å². The fourth-order valence-corrected chi connectivity index (χ4v) is 3.80. The van der Waals surface area contributed by atoms with E-state index >= 15 is 0 Å².